The third-order valence-corrected chi connectivity index (χ3v) is 6.62. The van der Waals surface area contributed by atoms with E-state index < -0.39 is 0 Å². The van der Waals surface area contributed by atoms with E-state index in [-0.39, 0.29) is 11.2 Å². The van der Waals surface area contributed by atoms with Gasteiger partial charge in [0.1, 0.15) is 24.7 Å². The quantitative estimate of drug-likeness (QED) is 0.245. The molecule has 1 aliphatic rings. The normalized spacial score (nSPS) is 12.5. The fraction of sp³-hybridized carbons (Fsp3) is 0.194. The van der Waals surface area contributed by atoms with E-state index >= 15 is 0 Å². The van der Waals surface area contributed by atoms with Crippen LogP contribution in [0.4, 0.5) is 0 Å². The number of hydrogen-bond donors (Lipinski definition) is 0. The third kappa shape index (κ3) is 5.87. The van der Waals surface area contributed by atoms with Gasteiger partial charge in [-0.2, -0.15) is 0 Å². The first-order valence-electron chi connectivity index (χ1n) is 12.4. The zero-order valence-electron chi connectivity index (χ0n) is 21.2. The van der Waals surface area contributed by atoms with Gasteiger partial charge in [-0.1, -0.05) is 67.2 Å². The molecule has 2 heterocycles. The van der Waals surface area contributed by atoms with Crippen molar-refractivity contribution in [1.29, 1.82) is 0 Å². The molecule has 0 spiro atoms. The highest BCUT2D eigenvalue weighted by molar-refractivity contribution is 6.28. The second-order valence-corrected chi connectivity index (χ2v) is 9.60. The first kappa shape index (κ1) is 25.5. The molecule has 0 fully saturated rings. The zero-order valence-corrected chi connectivity index (χ0v) is 21.9. The van der Waals surface area contributed by atoms with Crippen LogP contribution >= 0.6 is 11.6 Å². The number of ether oxygens (including phenoxy) is 2. The van der Waals surface area contributed by atoms with Crippen LogP contribution in [0.5, 0.6) is 11.5 Å². The minimum Gasteiger partial charge on any atom is -0.488 e. The molecule has 4 aromatic rings. The molecule has 192 valence electrons. The summed E-state index contributed by atoms with van der Waals surface area (Å²) in [5.74, 6) is 0.948. The van der Waals surface area contributed by atoms with Crippen molar-refractivity contribution < 1.29 is 14.3 Å². The van der Waals surface area contributed by atoms with Gasteiger partial charge in [0.05, 0.1) is 11.3 Å². The maximum absolute atomic E-state index is 13.9. The molecule has 5 rings (SSSR count). The Morgan fingerprint density at radius 3 is 2.16 bits per heavy atom. The van der Waals surface area contributed by atoms with Gasteiger partial charge >= 0.3 is 0 Å². The maximum atomic E-state index is 13.9. The van der Waals surface area contributed by atoms with Crippen LogP contribution in [0.15, 0.2) is 85.6 Å². The number of carbonyl (C=O) groups excluding carboxylic acids is 1. The molecule has 38 heavy (non-hydrogen) atoms. The van der Waals surface area contributed by atoms with E-state index in [9.17, 15) is 4.79 Å². The van der Waals surface area contributed by atoms with Gasteiger partial charge in [0.25, 0.3) is 5.91 Å². The Kier molecular flexibility index (Phi) is 7.70. The van der Waals surface area contributed by atoms with Crippen LogP contribution in [0.25, 0.3) is 5.57 Å². The van der Waals surface area contributed by atoms with E-state index in [1.165, 1.54) is 0 Å². The lowest BCUT2D eigenvalue weighted by molar-refractivity contribution is 0.0728. The Bertz CT molecular complexity index is 1460. The predicted octanol–water partition coefficient (Wildman–Crippen LogP) is 6.52. The number of halogens is 1. The number of carbonyl (C=O) groups is 1. The van der Waals surface area contributed by atoms with Gasteiger partial charge in [0, 0.05) is 42.9 Å². The van der Waals surface area contributed by atoms with E-state index in [2.05, 4.69) is 16.5 Å². The van der Waals surface area contributed by atoms with Crippen molar-refractivity contribution in [2.45, 2.75) is 33.1 Å². The van der Waals surface area contributed by atoms with Crippen LogP contribution in [-0.2, 0) is 26.2 Å². The highest BCUT2D eigenvalue weighted by atomic mass is 35.5. The number of rotatable bonds is 8. The summed E-state index contributed by atoms with van der Waals surface area (Å²) in [7, 11) is 0. The summed E-state index contributed by atoms with van der Waals surface area (Å²) in [6.45, 7) is 7.67. The summed E-state index contributed by atoms with van der Waals surface area (Å²) in [5, 5.41) is 0.220. The number of benzene rings is 3. The van der Waals surface area contributed by atoms with Crippen molar-refractivity contribution in [3.8, 4) is 11.5 Å². The van der Waals surface area contributed by atoms with E-state index in [0.29, 0.717) is 49.8 Å². The van der Waals surface area contributed by atoms with E-state index in [0.717, 1.165) is 33.5 Å². The van der Waals surface area contributed by atoms with Gasteiger partial charge in [0.15, 0.2) is 0 Å². The summed E-state index contributed by atoms with van der Waals surface area (Å²) < 4.78 is 12.5. The molecule has 0 saturated heterocycles. The molecular weight excluding hydrogens is 498 g/mol. The highest BCUT2D eigenvalue weighted by Crippen LogP contribution is 2.35. The SMILES string of the molecule is C=C(C)c1cc(C(=O)N2CCc3nc(Cl)ncc3C2)c(OCc2ccccc2)cc1OCc1ccccc1. The van der Waals surface area contributed by atoms with Crippen molar-refractivity contribution in [2.75, 3.05) is 6.54 Å². The zero-order chi connectivity index (χ0) is 26.5. The maximum Gasteiger partial charge on any atom is 0.257 e. The average molecular weight is 526 g/mol. The largest absolute Gasteiger partial charge is 0.488 e. The molecule has 1 aliphatic heterocycles. The van der Waals surface area contributed by atoms with E-state index in [4.69, 9.17) is 21.1 Å². The van der Waals surface area contributed by atoms with Gasteiger partial charge in [-0.05, 0) is 41.3 Å². The molecule has 0 unspecified atom stereocenters. The highest BCUT2D eigenvalue weighted by Gasteiger charge is 2.27. The fourth-order valence-electron chi connectivity index (χ4n) is 4.41. The van der Waals surface area contributed by atoms with Crippen LogP contribution in [0.3, 0.4) is 0 Å². The Hall–Kier alpha value is -4.16. The van der Waals surface area contributed by atoms with Crippen molar-refractivity contribution in [1.82, 2.24) is 14.9 Å². The number of hydrogen-bond acceptors (Lipinski definition) is 5. The van der Waals surface area contributed by atoms with Crippen LogP contribution < -0.4 is 9.47 Å². The summed E-state index contributed by atoms with van der Waals surface area (Å²) in [5.41, 5.74) is 5.84. The second kappa shape index (κ2) is 11.5. The number of amides is 1. The van der Waals surface area contributed by atoms with E-state index in [1.54, 1.807) is 11.1 Å². The topological polar surface area (TPSA) is 64.6 Å². The van der Waals surface area contributed by atoms with Gasteiger partial charge in [0.2, 0.25) is 5.28 Å². The van der Waals surface area contributed by atoms with Crippen LogP contribution in [-0.4, -0.2) is 27.3 Å². The molecule has 0 atom stereocenters. The van der Waals surface area contributed by atoms with Crippen molar-refractivity contribution >= 4 is 23.1 Å². The van der Waals surface area contributed by atoms with Crippen LogP contribution in [0.1, 0.15) is 45.2 Å². The number of allylic oxidation sites excluding steroid dienone is 1. The van der Waals surface area contributed by atoms with Crippen molar-refractivity contribution in [3.05, 3.63) is 124 Å². The summed E-state index contributed by atoms with van der Waals surface area (Å²) in [4.78, 5) is 24.1. The molecule has 7 heteroatoms. The minimum atomic E-state index is -0.134. The lowest BCUT2D eigenvalue weighted by Gasteiger charge is -2.29. The summed E-state index contributed by atoms with van der Waals surface area (Å²) in [6.07, 6.45) is 2.30. The molecule has 1 amide bonds. The minimum absolute atomic E-state index is 0.134. The van der Waals surface area contributed by atoms with E-state index in [1.807, 2.05) is 79.7 Å². The average Bonchev–Trinajstić information content (AvgIpc) is 2.95. The lowest BCUT2D eigenvalue weighted by Crippen LogP contribution is -2.36. The lowest BCUT2D eigenvalue weighted by atomic mass is 10.0. The molecular formula is C31H28ClN3O3. The summed E-state index contributed by atoms with van der Waals surface area (Å²) >= 11 is 5.96. The Morgan fingerprint density at radius 1 is 0.947 bits per heavy atom. The molecule has 0 saturated carbocycles. The predicted molar refractivity (Wildman–Crippen MR) is 148 cm³/mol. The van der Waals surface area contributed by atoms with Crippen molar-refractivity contribution in [2.24, 2.45) is 0 Å². The third-order valence-electron chi connectivity index (χ3n) is 6.44. The van der Waals surface area contributed by atoms with Crippen molar-refractivity contribution in [3.63, 3.8) is 0 Å². The first-order valence-corrected chi connectivity index (χ1v) is 12.8. The first-order chi connectivity index (χ1) is 18.5. The molecule has 0 N–H and O–H groups in total. The smallest absolute Gasteiger partial charge is 0.257 e. The van der Waals surface area contributed by atoms with Gasteiger partial charge in [-0.3, -0.25) is 4.79 Å². The molecule has 6 nitrogen and oxygen atoms in total. The van der Waals surface area contributed by atoms with Crippen LogP contribution in [0, 0.1) is 0 Å². The number of fused-ring (bicyclic) bond motifs is 1. The molecule has 0 radical (unpaired) electrons. The summed E-state index contributed by atoms with van der Waals surface area (Å²) in [6, 6.07) is 23.4. The number of aromatic nitrogens is 2. The fourth-order valence-corrected chi connectivity index (χ4v) is 4.56. The number of nitrogens with zero attached hydrogens (tertiary/aromatic N) is 3. The molecule has 0 aliphatic carbocycles. The molecule has 3 aromatic carbocycles. The monoisotopic (exact) mass is 525 g/mol. The Balaban J connectivity index is 1.48. The van der Waals surface area contributed by atoms with Gasteiger partial charge in [-0.25, -0.2) is 9.97 Å². The second-order valence-electron chi connectivity index (χ2n) is 9.26. The van der Waals surface area contributed by atoms with Gasteiger partial charge < -0.3 is 14.4 Å². The Morgan fingerprint density at radius 2 is 1.55 bits per heavy atom. The standard InChI is InChI=1S/C31H28ClN3O3/c1-21(2)25-15-26(30(36)35-14-13-27-24(18-35)17-33-31(32)34-27)29(38-20-23-11-7-4-8-12-23)16-28(25)37-19-22-9-5-3-6-10-22/h3-12,15-17H,1,13-14,18-20H2,2H3. The van der Waals surface area contributed by atoms with Crippen LogP contribution in [0.2, 0.25) is 5.28 Å². The molecule has 1 aromatic heterocycles. The Labute approximate surface area is 227 Å². The molecule has 0 bridgehead atoms. The van der Waals surface area contributed by atoms with Gasteiger partial charge in [-0.15, -0.1) is 0 Å².